The van der Waals surface area contributed by atoms with Crippen LogP contribution >= 0.6 is 0 Å². The van der Waals surface area contributed by atoms with E-state index in [1.165, 1.54) is 11.1 Å². The number of pyridine rings is 1. The highest BCUT2D eigenvalue weighted by Gasteiger charge is 2.29. The Labute approximate surface area is 129 Å². The largest absolute Gasteiger partial charge is 0.368 e. The predicted molar refractivity (Wildman–Crippen MR) is 84.2 cm³/mol. The van der Waals surface area contributed by atoms with Crippen molar-refractivity contribution in [1.82, 2.24) is 14.9 Å². The van der Waals surface area contributed by atoms with Crippen molar-refractivity contribution in [2.75, 3.05) is 19.7 Å². The number of aromatic nitrogens is 2. The third kappa shape index (κ3) is 2.31. The number of rotatable bonds is 2. The van der Waals surface area contributed by atoms with Gasteiger partial charge in [-0.1, -0.05) is 6.08 Å². The molecule has 5 heteroatoms. The first-order chi connectivity index (χ1) is 10.8. The molecule has 2 aliphatic rings. The summed E-state index contributed by atoms with van der Waals surface area (Å²) in [5.74, 6) is 0.147. The molecule has 1 unspecified atom stereocenters. The maximum absolute atomic E-state index is 12.4. The first-order valence-corrected chi connectivity index (χ1v) is 7.85. The van der Waals surface area contributed by atoms with Crippen LogP contribution in [0.4, 0.5) is 0 Å². The van der Waals surface area contributed by atoms with Crippen molar-refractivity contribution in [1.29, 1.82) is 0 Å². The van der Waals surface area contributed by atoms with Gasteiger partial charge in [0.05, 0.1) is 0 Å². The van der Waals surface area contributed by atoms with Crippen molar-refractivity contribution in [3.05, 3.63) is 36.2 Å². The average molecular weight is 297 g/mol. The van der Waals surface area contributed by atoms with Crippen molar-refractivity contribution in [3.63, 3.8) is 0 Å². The summed E-state index contributed by atoms with van der Waals surface area (Å²) in [7, 11) is 0. The lowest BCUT2D eigenvalue weighted by atomic mass is 9.99. The normalized spacial score (nSPS) is 22.1. The van der Waals surface area contributed by atoms with Crippen LogP contribution in [0.15, 0.2) is 30.6 Å². The zero-order valence-corrected chi connectivity index (χ0v) is 12.4. The van der Waals surface area contributed by atoms with Crippen LogP contribution in [0.3, 0.4) is 0 Å². The number of aromatic amines is 1. The molecule has 4 rings (SSSR count). The Kier molecular flexibility index (Phi) is 3.42. The lowest BCUT2D eigenvalue weighted by molar-refractivity contribution is -0.140. The van der Waals surface area contributed by atoms with E-state index >= 15 is 0 Å². The third-order valence-corrected chi connectivity index (χ3v) is 4.52. The van der Waals surface area contributed by atoms with Crippen molar-refractivity contribution >= 4 is 22.5 Å². The minimum atomic E-state index is -0.216. The highest BCUT2D eigenvalue weighted by molar-refractivity contribution is 5.91. The summed E-state index contributed by atoms with van der Waals surface area (Å²) < 4.78 is 5.50. The molecule has 114 valence electrons. The first-order valence-electron chi connectivity index (χ1n) is 7.85. The molecular formula is C17H19N3O2. The minimum Gasteiger partial charge on any atom is -0.368 e. The van der Waals surface area contributed by atoms with Crippen LogP contribution in [0.25, 0.3) is 16.6 Å². The quantitative estimate of drug-likeness (QED) is 0.925. The van der Waals surface area contributed by atoms with E-state index < -0.39 is 0 Å². The number of nitrogens with one attached hydrogen (secondary N) is 1. The lowest BCUT2D eigenvalue weighted by Crippen LogP contribution is -2.41. The SMILES string of the molecule is O=C(C1CCCO1)N1CC=C(c2c[nH]c3ncccc23)CC1. The highest BCUT2D eigenvalue weighted by Crippen LogP contribution is 2.29. The molecular weight excluding hydrogens is 278 g/mol. The van der Waals surface area contributed by atoms with Crippen molar-refractivity contribution in [3.8, 4) is 0 Å². The fourth-order valence-electron chi connectivity index (χ4n) is 3.31. The molecule has 5 nitrogen and oxygen atoms in total. The van der Waals surface area contributed by atoms with Crippen LogP contribution in [0.1, 0.15) is 24.8 Å². The minimum absolute atomic E-state index is 0.147. The van der Waals surface area contributed by atoms with Crippen LogP contribution in [0.5, 0.6) is 0 Å². The van der Waals surface area contributed by atoms with E-state index in [1.54, 1.807) is 6.20 Å². The second-order valence-corrected chi connectivity index (χ2v) is 5.87. The van der Waals surface area contributed by atoms with Gasteiger partial charge in [0.1, 0.15) is 11.8 Å². The van der Waals surface area contributed by atoms with E-state index in [0.717, 1.165) is 36.8 Å². The number of ether oxygens (including phenoxy) is 1. The van der Waals surface area contributed by atoms with E-state index in [2.05, 4.69) is 22.1 Å². The molecule has 2 aromatic rings. The van der Waals surface area contributed by atoms with Gasteiger partial charge in [0.2, 0.25) is 0 Å². The molecule has 1 saturated heterocycles. The van der Waals surface area contributed by atoms with Crippen LogP contribution < -0.4 is 0 Å². The fraction of sp³-hybridized carbons (Fsp3) is 0.412. The zero-order valence-electron chi connectivity index (χ0n) is 12.4. The molecule has 1 atom stereocenters. The molecule has 0 aromatic carbocycles. The number of H-pyrrole nitrogens is 1. The molecule has 1 N–H and O–H groups in total. The van der Waals surface area contributed by atoms with Crippen LogP contribution in [0, 0.1) is 0 Å². The van der Waals surface area contributed by atoms with Gasteiger partial charge in [0.25, 0.3) is 5.91 Å². The zero-order chi connectivity index (χ0) is 14.9. The average Bonchev–Trinajstić information content (AvgIpc) is 3.24. The smallest absolute Gasteiger partial charge is 0.251 e. The number of hydrogen-bond donors (Lipinski definition) is 1. The summed E-state index contributed by atoms with van der Waals surface area (Å²) in [4.78, 5) is 21.8. The second-order valence-electron chi connectivity index (χ2n) is 5.87. The third-order valence-electron chi connectivity index (χ3n) is 4.52. The molecule has 4 heterocycles. The second kappa shape index (κ2) is 5.57. The van der Waals surface area contributed by atoms with Gasteiger partial charge in [-0.25, -0.2) is 4.98 Å². The number of hydrogen-bond acceptors (Lipinski definition) is 3. The Morgan fingerprint density at radius 3 is 3.18 bits per heavy atom. The van der Waals surface area contributed by atoms with Gasteiger partial charge >= 0.3 is 0 Å². The Bertz CT molecular complexity index is 728. The Balaban J connectivity index is 1.52. The number of amides is 1. The van der Waals surface area contributed by atoms with Crippen LogP contribution in [0.2, 0.25) is 0 Å². The summed E-state index contributed by atoms with van der Waals surface area (Å²) in [6.07, 6.45) is 8.48. The van der Waals surface area contributed by atoms with Gasteiger partial charge in [-0.3, -0.25) is 4.79 Å². The van der Waals surface area contributed by atoms with Gasteiger partial charge in [-0.2, -0.15) is 0 Å². The lowest BCUT2D eigenvalue weighted by Gasteiger charge is -2.28. The standard InChI is InChI=1S/C17H19N3O2/c21-17(15-4-2-10-22-15)20-8-5-12(6-9-20)14-11-19-16-13(14)3-1-7-18-16/h1,3,5,7,11,15H,2,4,6,8-10H2,(H,18,19). The molecule has 0 aliphatic carbocycles. The van der Waals surface area contributed by atoms with Crippen LogP contribution in [-0.4, -0.2) is 46.6 Å². The molecule has 0 bridgehead atoms. The van der Waals surface area contributed by atoms with Crippen LogP contribution in [-0.2, 0) is 9.53 Å². The molecule has 0 spiro atoms. The first kappa shape index (κ1) is 13.5. The summed E-state index contributed by atoms with van der Waals surface area (Å²) in [5, 5.41) is 1.15. The maximum atomic E-state index is 12.4. The highest BCUT2D eigenvalue weighted by atomic mass is 16.5. The summed E-state index contributed by atoms with van der Waals surface area (Å²) in [5.41, 5.74) is 3.40. The van der Waals surface area contributed by atoms with Crippen molar-refractivity contribution in [2.45, 2.75) is 25.4 Å². The molecule has 2 aromatic heterocycles. The van der Waals surface area contributed by atoms with Gasteiger partial charge in [0, 0.05) is 43.0 Å². The summed E-state index contributed by atoms with van der Waals surface area (Å²) >= 11 is 0. The van der Waals surface area contributed by atoms with E-state index in [1.807, 2.05) is 17.2 Å². The van der Waals surface area contributed by atoms with E-state index in [-0.39, 0.29) is 12.0 Å². The Morgan fingerprint density at radius 1 is 1.45 bits per heavy atom. The molecule has 1 fully saturated rings. The monoisotopic (exact) mass is 297 g/mol. The van der Waals surface area contributed by atoms with Gasteiger partial charge in [-0.15, -0.1) is 0 Å². The molecule has 0 saturated carbocycles. The number of carbonyl (C=O) groups is 1. The van der Waals surface area contributed by atoms with Gasteiger partial charge in [-0.05, 0) is 37.0 Å². The summed E-state index contributed by atoms with van der Waals surface area (Å²) in [6, 6.07) is 4.04. The Morgan fingerprint density at radius 2 is 2.41 bits per heavy atom. The molecule has 22 heavy (non-hydrogen) atoms. The Hall–Kier alpha value is -2.14. The fourth-order valence-corrected chi connectivity index (χ4v) is 3.31. The summed E-state index contributed by atoms with van der Waals surface area (Å²) in [6.45, 7) is 2.14. The number of fused-ring (bicyclic) bond motifs is 1. The van der Waals surface area contributed by atoms with Crippen molar-refractivity contribution in [2.24, 2.45) is 0 Å². The van der Waals surface area contributed by atoms with Crippen molar-refractivity contribution < 1.29 is 9.53 Å². The molecule has 0 radical (unpaired) electrons. The van der Waals surface area contributed by atoms with Gasteiger partial charge in [0.15, 0.2) is 0 Å². The van der Waals surface area contributed by atoms with Gasteiger partial charge < -0.3 is 14.6 Å². The number of nitrogens with zero attached hydrogens (tertiary/aromatic N) is 2. The molecule has 1 amide bonds. The maximum Gasteiger partial charge on any atom is 0.251 e. The molecule has 2 aliphatic heterocycles. The van der Waals surface area contributed by atoms with E-state index in [4.69, 9.17) is 4.74 Å². The predicted octanol–water partition coefficient (Wildman–Crippen LogP) is 2.36. The topological polar surface area (TPSA) is 58.2 Å². The van der Waals surface area contributed by atoms with E-state index in [9.17, 15) is 4.79 Å². The number of carbonyl (C=O) groups excluding carboxylic acids is 1. The van der Waals surface area contributed by atoms with E-state index in [0.29, 0.717) is 13.2 Å².